The molecule has 0 saturated heterocycles. The summed E-state index contributed by atoms with van der Waals surface area (Å²) in [6.07, 6.45) is 3.40. The number of amides is 5. The zero-order valence-corrected chi connectivity index (χ0v) is 28.5. The minimum absolute atomic E-state index is 0.164. The van der Waals surface area contributed by atoms with Gasteiger partial charge in [0, 0.05) is 37.4 Å². The minimum Gasteiger partial charge on any atom is -0.410 e. The number of primary amides is 1. The first-order valence-corrected chi connectivity index (χ1v) is 16.0. The number of nitrogens with zero attached hydrogens (tertiary/aromatic N) is 1. The quantitative estimate of drug-likeness (QED) is 0.138. The number of carbonyl (C=O) groups excluding carboxylic acids is 5. The van der Waals surface area contributed by atoms with Gasteiger partial charge in [-0.15, -0.1) is 0 Å². The molecule has 0 aromatic heterocycles. The average Bonchev–Trinajstić information content (AvgIpc) is 2.95. The van der Waals surface area contributed by atoms with Crippen LogP contribution in [0.1, 0.15) is 85.6 Å². The minimum atomic E-state index is -0.942. The maximum Gasteiger partial charge on any atom is 0.412 e. The number of hydrogen-bond donors (Lipinski definition) is 5. The third kappa shape index (κ3) is 15.8. The number of hydrogen-bond acceptors (Lipinski definition) is 7. The van der Waals surface area contributed by atoms with Gasteiger partial charge in [0.25, 0.3) is 0 Å². The molecule has 254 valence electrons. The molecule has 12 nitrogen and oxygen atoms in total. The van der Waals surface area contributed by atoms with Crippen LogP contribution in [0.5, 0.6) is 5.75 Å². The van der Waals surface area contributed by atoms with Crippen molar-refractivity contribution >= 4 is 29.7 Å². The van der Waals surface area contributed by atoms with Gasteiger partial charge in [-0.05, 0) is 64.4 Å². The molecule has 1 aromatic carbocycles. The lowest BCUT2D eigenvalue weighted by Crippen LogP contribution is -2.59. The highest BCUT2D eigenvalue weighted by Gasteiger charge is 2.33. The largest absolute Gasteiger partial charge is 0.412 e. The molecule has 12 heteroatoms. The molecular weight excluding hydrogens is 576 g/mol. The Balaban J connectivity index is 3.09. The summed E-state index contributed by atoms with van der Waals surface area (Å²) >= 11 is 0. The van der Waals surface area contributed by atoms with Crippen LogP contribution in [-0.4, -0.2) is 79.4 Å². The first-order chi connectivity index (χ1) is 21.1. The van der Waals surface area contributed by atoms with Gasteiger partial charge in [0.05, 0.1) is 0 Å². The van der Waals surface area contributed by atoms with Gasteiger partial charge in [-0.2, -0.15) is 0 Å². The van der Waals surface area contributed by atoms with E-state index in [0.29, 0.717) is 38.1 Å². The molecule has 0 bridgehead atoms. The highest BCUT2D eigenvalue weighted by atomic mass is 16.6. The number of benzene rings is 1. The van der Waals surface area contributed by atoms with E-state index in [0.717, 1.165) is 18.4 Å². The Hall–Kier alpha value is -3.67. The lowest BCUT2D eigenvalue weighted by Gasteiger charge is -2.33. The van der Waals surface area contributed by atoms with Gasteiger partial charge in [0.1, 0.15) is 17.8 Å². The molecule has 4 atom stereocenters. The summed E-state index contributed by atoms with van der Waals surface area (Å²) in [6, 6.07) is 4.90. The van der Waals surface area contributed by atoms with Gasteiger partial charge in [0.2, 0.25) is 23.6 Å². The Bertz CT molecular complexity index is 1110. The number of rotatable bonds is 20. The topological polar surface area (TPSA) is 172 Å². The summed E-state index contributed by atoms with van der Waals surface area (Å²) in [4.78, 5) is 65.6. The molecule has 0 aliphatic heterocycles. The van der Waals surface area contributed by atoms with Crippen molar-refractivity contribution in [2.75, 3.05) is 27.2 Å². The van der Waals surface area contributed by atoms with Crippen LogP contribution in [0, 0.1) is 11.8 Å². The highest BCUT2D eigenvalue weighted by molar-refractivity contribution is 5.92. The van der Waals surface area contributed by atoms with E-state index in [1.54, 1.807) is 45.0 Å². The Morgan fingerprint density at radius 3 is 2.16 bits per heavy atom. The summed E-state index contributed by atoms with van der Waals surface area (Å²) in [5.41, 5.74) is 5.41. The van der Waals surface area contributed by atoms with Crippen molar-refractivity contribution in [1.82, 2.24) is 26.2 Å². The predicted octanol–water partition coefficient (Wildman–Crippen LogP) is 2.88. The molecule has 0 aliphatic carbocycles. The third-order valence-corrected chi connectivity index (χ3v) is 7.62. The normalized spacial score (nSPS) is 14.1. The first kappa shape index (κ1) is 39.4. The van der Waals surface area contributed by atoms with Crippen LogP contribution in [0.3, 0.4) is 0 Å². The van der Waals surface area contributed by atoms with E-state index in [1.165, 1.54) is 0 Å². The van der Waals surface area contributed by atoms with Gasteiger partial charge in [-0.25, -0.2) is 4.79 Å². The average molecular weight is 633 g/mol. The predicted molar refractivity (Wildman–Crippen MR) is 175 cm³/mol. The summed E-state index contributed by atoms with van der Waals surface area (Å²) in [5.74, 6) is -1.88. The van der Waals surface area contributed by atoms with Crippen molar-refractivity contribution < 1.29 is 28.7 Å². The Morgan fingerprint density at radius 1 is 0.956 bits per heavy atom. The van der Waals surface area contributed by atoms with E-state index in [4.69, 9.17) is 10.5 Å². The maximum atomic E-state index is 13.7. The van der Waals surface area contributed by atoms with Gasteiger partial charge in [-0.1, -0.05) is 59.1 Å². The van der Waals surface area contributed by atoms with Crippen molar-refractivity contribution in [2.45, 2.75) is 104 Å². The number of likely N-dealkylation sites (N-methyl/N-ethyl adjacent to an activating group) is 1. The van der Waals surface area contributed by atoms with E-state index in [9.17, 15) is 24.0 Å². The summed E-state index contributed by atoms with van der Waals surface area (Å²) < 4.78 is 5.33. The molecule has 0 fully saturated rings. The fourth-order valence-electron chi connectivity index (χ4n) is 4.75. The van der Waals surface area contributed by atoms with Crippen molar-refractivity contribution in [3.8, 4) is 5.75 Å². The van der Waals surface area contributed by atoms with Crippen molar-refractivity contribution in [3.63, 3.8) is 0 Å². The van der Waals surface area contributed by atoms with Crippen LogP contribution in [0.4, 0.5) is 4.79 Å². The van der Waals surface area contributed by atoms with Crippen LogP contribution in [0.2, 0.25) is 0 Å². The van der Waals surface area contributed by atoms with Crippen LogP contribution in [-0.2, 0) is 25.6 Å². The lowest BCUT2D eigenvalue weighted by atomic mass is 9.89. The molecule has 6 N–H and O–H groups in total. The van der Waals surface area contributed by atoms with Gasteiger partial charge in [-0.3, -0.25) is 19.2 Å². The smallest absolute Gasteiger partial charge is 0.410 e. The lowest BCUT2D eigenvalue weighted by molar-refractivity contribution is -0.134. The number of nitrogens with one attached hydrogen (secondary N) is 4. The summed E-state index contributed by atoms with van der Waals surface area (Å²) in [7, 11) is 3.81. The second-order valence-corrected chi connectivity index (χ2v) is 12.8. The zero-order chi connectivity index (χ0) is 34.2. The molecule has 5 amide bonds. The van der Waals surface area contributed by atoms with E-state index < -0.39 is 41.4 Å². The Morgan fingerprint density at radius 2 is 1.60 bits per heavy atom. The number of carbonyl (C=O) groups is 5. The maximum absolute atomic E-state index is 13.7. The second-order valence-electron chi connectivity index (χ2n) is 12.8. The molecule has 45 heavy (non-hydrogen) atoms. The SMILES string of the molecule is CCCCCC(=O)NC(Cc1ccc(OC(=O)NCCN(C)C)cc1)C(=O)NC(C(=O)NC(C)(C)CC(C)C(N)=O)C(C)CC. The third-order valence-electron chi connectivity index (χ3n) is 7.62. The number of ether oxygens (including phenoxy) is 1. The zero-order valence-electron chi connectivity index (χ0n) is 28.5. The van der Waals surface area contributed by atoms with Crippen LogP contribution < -0.4 is 31.7 Å². The summed E-state index contributed by atoms with van der Waals surface area (Å²) in [6.45, 7) is 12.3. The summed E-state index contributed by atoms with van der Waals surface area (Å²) in [5, 5.41) is 11.4. The number of unbranched alkanes of at least 4 members (excludes halogenated alkanes) is 2. The van der Waals surface area contributed by atoms with E-state index in [1.807, 2.05) is 39.8 Å². The molecule has 0 radical (unpaired) electrons. The van der Waals surface area contributed by atoms with Crippen molar-refractivity contribution in [3.05, 3.63) is 29.8 Å². The Kier molecular flexibility index (Phi) is 17.2. The van der Waals surface area contributed by atoms with Gasteiger partial charge in [0.15, 0.2) is 0 Å². The van der Waals surface area contributed by atoms with Gasteiger partial charge < -0.3 is 36.6 Å². The van der Waals surface area contributed by atoms with Crippen molar-refractivity contribution in [1.29, 1.82) is 0 Å². The molecule has 1 rings (SSSR count). The van der Waals surface area contributed by atoms with Crippen molar-refractivity contribution in [2.24, 2.45) is 17.6 Å². The first-order valence-electron chi connectivity index (χ1n) is 16.0. The standard InChI is InChI=1S/C33H56N6O6/c1-9-11-12-13-27(40)36-26(20-24-14-16-25(17-15-24)45-32(44)35-18-19-39(7)8)30(42)37-28(22(3)10-2)31(43)38-33(5,6)21-23(4)29(34)41/h14-17,22-23,26,28H,9-13,18-21H2,1-8H3,(H2,34,41)(H,35,44)(H,36,40)(H,37,42)(H,38,43). The molecule has 1 aromatic rings. The fourth-order valence-corrected chi connectivity index (χ4v) is 4.75. The van der Waals surface area contributed by atoms with Crippen LogP contribution in [0.25, 0.3) is 0 Å². The van der Waals surface area contributed by atoms with E-state index >= 15 is 0 Å². The van der Waals surface area contributed by atoms with Gasteiger partial charge >= 0.3 is 6.09 Å². The molecular formula is C33H56N6O6. The Labute approximate surface area is 269 Å². The van der Waals surface area contributed by atoms with E-state index in [2.05, 4.69) is 21.3 Å². The van der Waals surface area contributed by atoms with E-state index in [-0.39, 0.29) is 30.6 Å². The number of nitrogens with two attached hydrogens (primary N) is 1. The highest BCUT2D eigenvalue weighted by Crippen LogP contribution is 2.19. The second kappa shape index (κ2) is 19.7. The van der Waals surface area contributed by atoms with Crippen LogP contribution in [0.15, 0.2) is 24.3 Å². The van der Waals surface area contributed by atoms with Crippen LogP contribution >= 0.6 is 0 Å². The molecule has 0 aliphatic rings. The molecule has 0 spiro atoms. The fraction of sp³-hybridized carbons (Fsp3) is 0.667. The molecule has 4 unspecified atom stereocenters. The molecule has 0 heterocycles. The monoisotopic (exact) mass is 632 g/mol. The molecule has 0 saturated carbocycles.